The van der Waals surface area contributed by atoms with Crippen molar-refractivity contribution in [2.24, 2.45) is 0 Å². The summed E-state index contributed by atoms with van der Waals surface area (Å²) >= 11 is 6.23. The Labute approximate surface area is 195 Å². The third kappa shape index (κ3) is 3.94. The number of halogens is 1. The molecule has 2 aliphatic rings. The summed E-state index contributed by atoms with van der Waals surface area (Å²) in [5, 5.41) is 11.7. The van der Waals surface area contributed by atoms with Gasteiger partial charge in [-0.1, -0.05) is 54.1 Å². The lowest BCUT2D eigenvalue weighted by Crippen LogP contribution is -2.29. The second-order valence-electron chi connectivity index (χ2n) is 7.83. The summed E-state index contributed by atoms with van der Waals surface area (Å²) in [5.41, 5.74) is 1.88. The van der Waals surface area contributed by atoms with Crippen molar-refractivity contribution < 1.29 is 24.2 Å². The van der Waals surface area contributed by atoms with Crippen molar-refractivity contribution in [3.63, 3.8) is 0 Å². The van der Waals surface area contributed by atoms with Crippen LogP contribution in [0, 0.1) is 0 Å². The fraction of sp³-hybridized carbons (Fsp3) is 0.154. The highest BCUT2D eigenvalue weighted by Gasteiger charge is 2.46. The minimum atomic E-state index is -0.794. The quantitative estimate of drug-likeness (QED) is 0.345. The zero-order valence-electron chi connectivity index (χ0n) is 17.5. The van der Waals surface area contributed by atoms with Gasteiger partial charge in [-0.05, 0) is 41.5 Å². The first-order chi connectivity index (χ1) is 16.0. The molecule has 3 aromatic carbocycles. The molecule has 1 unspecified atom stereocenters. The number of nitrogens with zero attached hydrogens (tertiary/aromatic N) is 1. The fourth-order valence-electron chi connectivity index (χ4n) is 4.19. The highest BCUT2D eigenvalue weighted by atomic mass is 35.5. The van der Waals surface area contributed by atoms with Crippen LogP contribution in [0.4, 0.5) is 0 Å². The molecule has 0 saturated carbocycles. The van der Waals surface area contributed by atoms with Crippen molar-refractivity contribution in [2.75, 3.05) is 13.2 Å². The molecule has 0 aliphatic carbocycles. The zero-order chi connectivity index (χ0) is 22.9. The van der Waals surface area contributed by atoms with E-state index >= 15 is 0 Å². The van der Waals surface area contributed by atoms with Gasteiger partial charge in [-0.3, -0.25) is 9.59 Å². The second-order valence-corrected chi connectivity index (χ2v) is 8.26. The fourth-order valence-corrected chi connectivity index (χ4v) is 4.39. The lowest BCUT2D eigenvalue weighted by molar-refractivity contribution is -0.140. The van der Waals surface area contributed by atoms with E-state index in [9.17, 15) is 14.7 Å². The molecule has 1 saturated heterocycles. The largest absolute Gasteiger partial charge is 0.507 e. The number of ether oxygens (including phenoxy) is 2. The standard InChI is InChI=1S/C26H20ClNO5/c27-19-8-4-7-17(13-19)23-22(24(29)18-9-10-20-21(14-18)33-12-11-32-20)25(30)26(31)28(23)15-16-5-2-1-3-6-16/h1-10,13-14,23,29H,11-12,15H2. The van der Waals surface area contributed by atoms with E-state index in [1.54, 1.807) is 42.5 Å². The van der Waals surface area contributed by atoms with Crippen molar-refractivity contribution in [3.05, 3.63) is 100 Å². The molecule has 1 fully saturated rings. The van der Waals surface area contributed by atoms with Crippen LogP contribution in [0.1, 0.15) is 22.7 Å². The van der Waals surface area contributed by atoms with E-state index in [0.29, 0.717) is 40.9 Å². The van der Waals surface area contributed by atoms with Crippen LogP contribution in [0.2, 0.25) is 5.02 Å². The molecule has 0 aromatic heterocycles. The van der Waals surface area contributed by atoms with E-state index in [1.807, 2.05) is 30.3 Å². The molecule has 5 rings (SSSR count). The Morgan fingerprint density at radius 2 is 1.70 bits per heavy atom. The number of hydrogen-bond donors (Lipinski definition) is 1. The number of benzene rings is 3. The first-order valence-electron chi connectivity index (χ1n) is 10.5. The van der Waals surface area contributed by atoms with E-state index in [-0.39, 0.29) is 17.9 Å². The average Bonchev–Trinajstić information content (AvgIpc) is 3.09. The van der Waals surface area contributed by atoms with Crippen molar-refractivity contribution in [1.82, 2.24) is 4.90 Å². The number of fused-ring (bicyclic) bond motifs is 1. The molecule has 6 nitrogen and oxygen atoms in total. The van der Waals surface area contributed by atoms with Crippen molar-refractivity contribution >= 4 is 29.1 Å². The molecular weight excluding hydrogens is 442 g/mol. The van der Waals surface area contributed by atoms with Crippen LogP contribution in [0.5, 0.6) is 11.5 Å². The van der Waals surface area contributed by atoms with E-state index in [2.05, 4.69) is 0 Å². The summed E-state index contributed by atoms with van der Waals surface area (Å²) < 4.78 is 11.2. The lowest BCUT2D eigenvalue weighted by Gasteiger charge is -2.25. The number of amides is 1. The molecule has 0 bridgehead atoms. The summed E-state index contributed by atoms with van der Waals surface area (Å²) in [5.74, 6) is -0.658. The first kappa shape index (κ1) is 21.1. The van der Waals surface area contributed by atoms with Crippen LogP contribution in [0.15, 0.2) is 78.4 Å². The molecule has 3 aromatic rings. The number of aliphatic hydroxyl groups is 1. The molecule has 0 radical (unpaired) electrons. The predicted molar refractivity (Wildman–Crippen MR) is 123 cm³/mol. The number of rotatable bonds is 4. The van der Waals surface area contributed by atoms with Gasteiger partial charge in [0, 0.05) is 17.1 Å². The summed E-state index contributed by atoms with van der Waals surface area (Å²) in [6, 6.07) is 20.5. The van der Waals surface area contributed by atoms with Gasteiger partial charge in [0.1, 0.15) is 19.0 Å². The molecule has 1 amide bonds. The van der Waals surface area contributed by atoms with Crippen LogP contribution in [-0.2, 0) is 16.1 Å². The van der Waals surface area contributed by atoms with Gasteiger partial charge in [-0.15, -0.1) is 0 Å². The van der Waals surface area contributed by atoms with Crippen molar-refractivity contribution in [2.45, 2.75) is 12.6 Å². The molecule has 33 heavy (non-hydrogen) atoms. The highest BCUT2D eigenvalue weighted by molar-refractivity contribution is 6.46. The Hall–Kier alpha value is -3.77. The third-order valence-corrected chi connectivity index (χ3v) is 5.95. The summed E-state index contributed by atoms with van der Waals surface area (Å²) in [6.07, 6.45) is 0. The van der Waals surface area contributed by atoms with Crippen LogP contribution in [-0.4, -0.2) is 34.9 Å². The molecule has 7 heteroatoms. The van der Waals surface area contributed by atoms with Crippen LogP contribution in [0.3, 0.4) is 0 Å². The molecular formula is C26H20ClNO5. The average molecular weight is 462 g/mol. The van der Waals surface area contributed by atoms with Gasteiger partial charge in [0.05, 0.1) is 11.6 Å². The van der Waals surface area contributed by atoms with Crippen LogP contribution in [0.25, 0.3) is 5.76 Å². The number of hydrogen-bond acceptors (Lipinski definition) is 5. The summed E-state index contributed by atoms with van der Waals surface area (Å²) in [6.45, 7) is 1.04. The Morgan fingerprint density at radius 1 is 0.939 bits per heavy atom. The summed E-state index contributed by atoms with van der Waals surface area (Å²) in [7, 11) is 0. The maximum atomic E-state index is 13.2. The zero-order valence-corrected chi connectivity index (χ0v) is 18.3. The van der Waals surface area contributed by atoms with E-state index in [4.69, 9.17) is 21.1 Å². The Kier molecular flexibility index (Phi) is 5.52. The third-order valence-electron chi connectivity index (χ3n) is 5.72. The number of Topliss-reactive ketones (excluding diaryl/α,β-unsaturated/α-hetero) is 1. The molecule has 2 aliphatic heterocycles. The number of ketones is 1. The van der Waals surface area contributed by atoms with Gasteiger partial charge in [-0.25, -0.2) is 0 Å². The number of carbonyl (C=O) groups is 2. The topological polar surface area (TPSA) is 76.1 Å². The maximum Gasteiger partial charge on any atom is 0.295 e. The monoisotopic (exact) mass is 461 g/mol. The molecule has 1 N–H and O–H groups in total. The number of carbonyl (C=O) groups excluding carboxylic acids is 2. The van der Waals surface area contributed by atoms with Crippen molar-refractivity contribution in [1.29, 1.82) is 0 Å². The van der Waals surface area contributed by atoms with Gasteiger partial charge in [0.25, 0.3) is 11.7 Å². The molecule has 1 atom stereocenters. The minimum absolute atomic E-state index is 0.00914. The number of aliphatic hydroxyl groups excluding tert-OH is 1. The second kappa shape index (κ2) is 8.64. The van der Waals surface area contributed by atoms with Gasteiger partial charge in [-0.2, -0.15) is 0 Å². The molecule has 2 heterocycles. The normalized spacial score (nSPS) is 19.1. The SMILES string of the molecule is O=C1C(=O)N(Cc2ccccc2)C(c2cccc(Cl)c2)C1=C(O)c1ccc2c(c1)OCCO2. The van der Waals surface area contributed by atoms with E-state index < -0.39 is 17.7 Å². The van der Waals surface area contributed by atoms with E-state index in [1.165, 1.54) is 4.90 Å². The van der Waals surface area contributed by atoms with Gasteiger partial charge in [0.15, 0.2) is 11.5 Å². The Balaban J connectivity index is 1.64. The lowest BCUT2D eigenvalue weighted by atomic mass is 9.95. The minimum Gasteiger partial charge on any atom is -0.507 e. The van der Waals surface area contributed by atoms with Crippen molar-refractivity contribution in [3.8, 4) is 11.5 Å². The first-order valence-corrected chi connectivity index (χ1v) is 10.9. The summed E-state index contributed by atoms with van der Waals surface area (Å²) in [4.78, 5) is 27.8. The Morgan fingerprint density at radius 3 is 2.45 bits per heavy atom. The van der Waals surface area contributed by atoms with Gasteiger partial charge < -0.3 is 19.5 Å². The predicted octanol–water partition coefficient (Wildman–Crippen LogP) is 4.73. The van der Waals surface area contributed by atoms with Crippen LogP contribution >= 0.6 is 11.6 Å². The highest BCUT2D eigenvalue weighted by Crippen LogP contribution is 2.42. The Bertz CT molecular complexity index is 1270. The van der Waals surface area contributed by atoms with E-state index in [0.717, 1.165) is 5.56 Å². The molecule has 0 spiro atoms. The number of likely N-dealkylation sites (tertiary alicyclic amines) is 1. The van der Waals surface area contributed by atoms with Gasteiger partial charge >= 0.3 is 0 Å². The smallest absolute Gasteiger partial charge is 0.295 e. The van der Waals surface area contributed by atoms with Gasteiger partial charge in [0.2, 0.25) is 0 Å². The van der Waals surface area contributed by atoms with Crippen LogP contribution < -0.4 is 9.47 Å². The maximum absolute atomic E-state index is 13.2. The molecule has 166 valence electrons.